The first kappa shape index (κ1) is 13.5. The molecular formula is C14H11FN4O. The van der Waals surface area contributed by atoms with Crippen molar-refractivity contribution >= 4 is 17.3 Å². The number of rotatable bonds is 3. The first-order chi connectivity index (χ1) is 9.67. The van der Waals surface area contributed by atoms with Gasteiger partial charge in [-0.15, -0.1) is 0 Å². The maximum atomic E-state index is 13.5. The molecule has 0 unspecified atom stereocenters. The van der Waals surface area contributed by atoms with E-state index in [4.69, 9.17) is 5.26 Å². The first-order valence-corrected chi connectivity index (χ1v) is 5.79. The van der Waals surface area contributed by atoms with Crippen LogP contribution in [-0.4, -0.2) is 17.9 Å². The quantitative estimate of drug-likeness (QED) is 0.897. The van der Waals surface area contributed by atoms with Crippen molar-refractivity contribution in [3.63, 3.8) is 0 Å². The van der Waals surface area contributed by atoms with Gasteiger partial charge in [-0.05, 0) is 18.2 Å². The second kappa shape index (κ2) is 5.80. The highest BCUT2D eigenvalue weighted by Crippen LogP contribution is 2.20. The molecule has 6 heteroatoms. The van der Waals surface area contributed by atoms with Crippen molar-refractivity contribution in [2.75, 3.05) is 17.7 Å². The number of hydrogen-bond donors (Lipinski definition) is 2. The molecule has 0 aliphatic heterocycles. The molecule has 2 aromatic rings. The highest BCUT2D eigenvalue weighted by atomic mass is 19.1. The second-order valence-electron chi connectivity index (χ2n) is 3.90. The van der Waals surface area contributed by atoms with Crippen LogP contribution in [0.15, 0.2) is 36.7 Å². The van der Waals surface area contributed by atoms with Gasteiger partial charge in [-0.1, -0.05) is 6.07 Å². The van der Waals surface area contributed by atoms with Gasteiger partial charge in [0.05, 0.1) is 23.1 Å². The van der Waals surface area contributed by atoms with E-state index in [1.165, 1.54) is 36.7 Å². The Morgan fingerprint density at radius 3 is 2.85 bits per heavy atom. The second-order valence-corrected chi connectivity index (χ2v) is 3.90. The molecule has 1 heterocycles. The maximum Gasteiger partial charge on any atom is 0.257 e. The zero-order chi connectivity index (χ0) is 14.5. The molecule has 0 aliphatic rings. The molecule has 20 heavy (non-hydrogen) atoms. The van der Waals surface area contributed by atoms with Crippen molar-refractivity contribution in [1.82, 2.24) is 4.98 Å². The molecule has 1 aromatic carbocycles. The normalized spacial score (nSPS) is 9.65. The lowest BCUT2D eigenvalue weighted by molar-refractivity contribution is 0.102. The summed E-state index contributed by atoms with van der Waals surface area (Å²) in [6, 6.07) is 7.33. The zero-order valence-electron chi connectivity index (χ0n) is 10.6. The topological polar surface area (TPSA) is 77.8 Å². The van der Waals surface area contributed by atoms with E-state index in [0.717, 1.165) is 0 Å². The number of amides is 1. The average molecular weight is 270 g/mol. The molecule has 0 radical (unpaired) electrons. The molecule has 1 aromatic heterocycles. The van der Waals surface area contributed by atoms with Crippen LogP contribution in [0.1, 0.15) is 15.9 Å². The SMILES string of the molecule is CNc1cnccc1C(=O)Nc1cccc(F)c1C#N. The number of aromatic nitrogens is 1. The van der Waals surface area contributed by atoms with Crippen LogP contribution in [0.5, 0.6) is 0 Å². The van der Waals surface area contributed by atoms with E-state index in [0.29, 0.717) is 11.3 Å². The van der Waals surface area contributed by atoms with Crippen molar-refractivity contribution in [3.05, 3.63) is 53.6 Å². The first-order valence-electron chi connectivity index (χ1n) is 5.79. The molecule has 0 saturated carbocycles. The highest BCUT2D eigenvalue weighted by Gasteiger charge is 2.14. The summed E-state index contributed by atoms with van der Waals surface area (Å²) in [6.07, 6.45) is 2.98. The van der Waals surface area contributed by atoms with Crippen molar-refractivity contribution < 1.29 is 9.18 Å². The van der Waals surface area contributed by atoms with Gasteiger partial charge in [0.2, 0.25) is 0 Å². The van der Waals surface area contributed by atoms with E-state index >= 15 is 0 Å². The number of halogens is 1. The van der Waals surface area contributed by atoms with Crippen LogP contribution in [-0.2, 0) is 0 Å². The minimum absolute atomic E-state index is 0.136. The number of nitrogens with zero attached hydrogens (tertiary/aromatic N) is 2. The third kappa shape index (κ3) is 2.57. The summed E-state index contributed by atoms with van der Waals surface area (Å²) in [4.78, 5) is 16.1. The summed E-state index contributed by atoms with van der Waals surface area (Å²) < 4.78 is 13.5. The van der Waals surface area contributed by atoms with Crippen LogP contribution in [0.25, 0.3) is 0 Å². The van der Waals surface area contributed by atoms with Crippen molar-refractivity contribution in [2.45, 2.75) is 0 Å². The van der Waals surface area contributed by atoms with Crippen LogP contribution < -0.4 is 10.6 Å². The number of nitrogens with one attached hydrogen (secondary N) is 2. The van der Waals surface area contributed by atoms with E-state index < -0.39 is 11.7 Å². The Bertz CT molecular complexity index is 694. The minimum atomic E-state index is -0.672. The minimum Gasteiger partial charge on any atom is -0.386 e. The predicted molar refractivity (Wildman–Crippen MR) is 72.9 cm³/mol. The summed E-state index contributed by atoms with van der Waals surface area (Å²) in [6.45, 7) is 0. The Balaban J connectivity index is 2.34. The lowest BCUT2D eigenvalue weighted by Crippen LogP contribution is -2.15. The van der Waals surface area contributed by atoms with Gasteiger partial charge in [0, 0.05) is 13.2 Å². The lowest BCUT2D eigenvalue weighted by Gasteiger charge is -2.10. The number of carbonyl (C=O) groups excluding carboxylic acids is 1. The molecule has 0 bridgehead atoms. The fourth-order valence-electron chi connectivity index (χ4n) is 1.72. The molecule has 0 saturated heterocycles. The van der Waals surface area contributed by atoms with Crippen LogP contribution in [0.3, 0.4) is 0 Å². The van der Waals surface area contributed by atoms with Gasteiger partial charge in [0.15, 0.2) is 0 Å². The predicted octanol–water partition coefficient (Wildman–Crippen LogP) is 2.39. The van der Waals surface area contributed by atoms with Gasteiger partial charge in [0.1, 0.15) is 17.4 Å². The van der Waals surface area contributed by atoms with Gasteiger partial charge in [-0.2, -0.15) is 5.26 Å². The average Bonchev–Trinajstić information content (AvgIpc) is 2.47. The summed E-state index contributed by atoms with van der Waals surface area (Å²) >= 11 is 0. The van der Waals surface area contributed by atoms with Crippen molar-refractivity contribution in [3.8, 4) is 6.07 Å². The fourth-order valence-corrected chi connectivity index (χ4v) is 1.72. The van der Waals surface area contributed by atoms with E-state index in [-0.39, 0.29) is 11.3 Å². The molecular weight excluding hydrogens is 259 g/mol. The number of hydrogen-bond acceptors (Lipinski definition) is 4. The van der Waals surface area contributed by atoms with Gasteiger partial charge >= 0.3 is 0 Å². The van der Waals surface area contributed by atoms with Gasteiger partial charge < -0.3 is 10.6 Å². The Kier molecular flexibility index (Phi) is 3.91. The molecule has 2 N–H and O–H groups in total. The van der Waals surface area contributed by atoms with E-state index in [1.807, 2.05) is 0 Å². The largest absolute Gasteiger partial charge is 0.386 e. The third-order valence-corrected chi connectivity index (χ3v) is 2.71. The molecule has 5 nitrogen and oxygen atoms in total. The Labute approximate surface area is 115 Å². The number of benzene rings is 1. The van der Waals surface area contributed by atoms with Crippen LogP contribution in [0.2, 0.25) is 0 Å². The Morgan fingerprint density at radius 2 is 2.15 bits per heavy atom. The third-order valence-electron chi connectivity index (χ3n) is 2.71. The standard InChI is InChI=1S/C14H11FN4O/c1-17-13-8-18-6-5-9(13)14(20)19-12-4-2-3-11(15)10(12)7-16/h2-6,8,17H,1H3,(H,19,20). The van der Waals surface area contributed by atoms with E-state index in [9.17, 15) is 9.18 Å². The molecule has 2 rings (SSSR count). The highest BCUT2D eigenvalue weighted by molar-refractivity contribution is 6.08. The molecule has 0 fully saturated rings. The van der Waals surface area contributed by atoms with Crippen LogP contribution in [0, 0.1) is 17.1 Å². The van der Waals surface area contributed by atoms with Crippen molar-refractivity contribution in [1.29, 1.82) is 5.26 Å². The maximum absolute atomic E-state index is 13.5. The number of nitriles is 1. The molecule has 0 spiro atoms. The molecule has 0 aliphatic carbocycles. The summed E-state index contributed by atoms with van der Waals surface area (Å²) in [7, 11) is 1.66. The van der Waals surface area contributed by atoms with Crippen LogP contribution >= 0.6 is 0 Å². The Morgan fingerprint density at radius 1 is 1.35 bits per heavy atom. The summed E-state index contributed by atoms with van der Waals surface area (Å²) in [5.74, 6) is -1.12. The van der Waals surface area contributed by atoms with Gasteiger partial charge in [0.25, 0.3) is 5.91 Å². The van der Waals surface area contributed by atoms with E-state index in [2.05, 4.69) is 15.6 Å². The number of pyridine rings is 1. The van der Waals surface area contributed by atoms with Crippen molar-refractivity contribution in [2.24, 2.45) is 0 Å². The smallest absolute Gasteiger partial charge is 0.257 e. The molecule has 1 amide bonds. The zero-order valence-corrected chi connectivity index (χ0v) is 10.6. The monoisotopic (exact) mass is 270 g/mol. The van der Waals surface area contributed by atoms with Crippen LogP contribution in [0.4, 0.5) is 15.8 Å². The van der Waals surface area contributed by atoms with E-state index in [1.54, 1.807) is 13.1 Å². The summed E-state index contributed by atoms with van der Waals surface area (Å²) in [5.41, 5.74) is 0.841. The van der Waals surface area contributed by atoms with Gasteiger partial charge in [-0.25, -0.2) is 4.39 Å². The van der Waals surface area contributed by atoms with Gasteiger partial charge in [-0.3, -0.25) is 9.78 Å². The summed E-state index contributed by atoms with van der Waals surface area (Å²) in [5, 5.41) is 14.3. The Hall–Kier alpha value is -2.94. The lowest BCUT2D eigenvalue weighted by atomic mass is 10.1. The molecule has 0 atom stereocenters. The molecule has 100 valence electrons. The fraction of sp³-hybridized carbons (Fsp3) is 0.0714. The number of anilines is 2. The number of carbonyl (C=O) groups is 1.